The molecule has 21 heavy (non-hydrogen) atoms. The van der Waals surface area contributed by atoms with Crippen LogP contribution in [-0.4, -0.2) is 28.6 Å². The van der Waals surface area contributed by atoms with Gasteiger partial charge in [-0.2, -0.15) is 0 Å². The van der Waals surface area contributed by atoms with Crippen LogP contribution >= 0.6 is 0 Å². The van der Waals surface area contributed by atoms with Crippen LogP contribution in [-0.2, 0) is 0 Å². The molecule has 114 valence electrons. The Balaban J connectivity index is 2.47. The van der Waals surface area contributed by atoms with E-state index in [0.717, 1.165) is 19.0 Å². The van der Waals surface area contributed by atoms with Gasteiger partial charge in [0, 0.05) is 18.7 Å². The highest BCUT2D eigenvalue weighted by Gasteiger charge is 2.32. The van der Waals surface area contributed by atoms with Crippen molar-refractivity contribution in [2.45, 2.75) is 33.2 Å². The van der Waals surface area contributed by atoms with E-state index < -0.39 is 10.9 Å². The molecule has 6 heteroatoms. The van der Waals surface area contributed by atoms with Gasteiger partial charge in [-0.3, -0.25) is 10.1 Å². The van der Waals surface area contributed by atoms with Crippen LogP contribution in [0.25, 0.3) is 0 Å². The quantitative estimate of drug-likeness (QED) is 0.683. The minimum Gasteiger partial charge on any atom is -0.478 e. The maximum atomic E-state index is 11.3. The lowest BCUT2D eigenvalue weighted by molar-refractivity contribution is -0.384. The van der Waals surface area contributed by atoms with Crippen molar-refractivity contribution in [2.75, 3.05) is 11.4 Å². The Bertz CT molecular complexity index is 573. The summed E-state index contributed by atoms with van der Waals surface area (Å²) in [5, 5.41) is 20.3. The van der Waals surface area contributed by atoms with Gasteiger partial charge in [-0.25, -0.2) is 4.79 Å². The maximum absolute atomic E-state index is 11.3. The normalized spacial score (nSPS) is 25.7. The summed E-state index contributed by atoms with van der Waals surface area (Å²) in [5.74, 6) is -0.263. The fourth-order valence-electron chi connectivity index (χ4n) is 3.08. The van der Waals surface area contributed by atoms with Gasteiger partial charge in [0.2, 0.25) is 0 Å². The van der Waals surface area contributed by atoms with Gasteiger partial charge in [0.15, 0.2) is 0 Å². The molecule has 2 rings (SSSR count). The van der Waals surface area contributed by atoms with Crippen LogP contribution in [0.1, 0.15) is 37.6 Å². The van der Waals surface area contributed by atoms with Gasteiger partial charge in [-0.15, -0.1) is 0 Å². The number of benzene rings is 1. The van der Waals surface area contributed by atoms with Crippen LogP contribution < -0.4 is 4.90 Å². The lowest BCUT2D eigenvalue weighted by Crippen LogP contribution is -2.46. The van der Waals surface area contributed by atoms with E-state index in [1.54, 1.807) is 6.07 Å². The standard InChI is InChI=1S/C15H20N2O4/c1-9-6-10(2)11(3)16(8-9)13-5-4-12(15(18)19)7-14(13)17(20)21/h4-5,7,9-11H,6,8H2,1-3H3,(H,18,19). The number of carboxylic acid groups (broad SMARTS) is 1. The van der Waals surface area contributed by atoms with E-state index >= 15 is 0 Å². The van der Waals surface area contributed by atoms with Crippen LogP contribution in [0, 0.1) is 22.0 Å². The fourth-order valence-corrected chi connectivity index (χ4v) is 3.08. The fraction of sp³-hybridized carbons (Fsp3) is 0.533. The summed E-state index contributed by atoms with van der Waals surface area (Å²) in [6, 6.07) is 4.33. The summed E-state index contributed by atoms with van der Waals surface area (Å²) in [6.07, 6.45) is 1.10. The third-order valence-corrected chi connectivity index (χ3v) is 4.33. The first-order valence-corrected chi connectivity index (χ1v) is 7.09. The van der Waals surface area contributed by atoms with Crippen molar-refractivity contribution in [2.24, 2.45) is 11.8 Å². The Hall–Kier alpha value is -2.11. The first kappa shape index (κ1) is 15.3. The number of nitrogens with zero attached hydrogens (tertiary/aromatic N) is 2. The molecule has 6 nitrogen and oxygen atoms in total. The molecular weight excluding hydrogens is 272 g/mol. The summed E-state index contributed by atoms with van der Waals surface area (Å²) in [7, 11) is 0. The summed E-state index contributed by atoms with van der Waals surface area (Å²) in [4.78, 5) is 23.8. The van der Waals surface area contributed by atoms with Gasteiger partial charge >= 0.3 is 5.97 Å². The molecule has 0 bridgehead atoms. The SMILES string of the molecule is CC1CC(C)C(C)N(c2ccc(C(=O)O)cc2[N+](=O)[O-])C1. The second-order valence-electron chi connectivity index (χ2n) is 5.98. The van der Waals surface area contributed by atoms with Crippen molar-refractivity contribution in [1.82, 2.24) is 0 Å². The number of aromatic carboxylic acids is 1. The van der Waals surface area contributed by atoms with Crippen LogP contribution in [0.3, 0.4) is 0 Å². The van der Waals surface area contributed by atoms with Gasteiger partial charge in [-0.05, 0) is 37.3 Å². The van der Waals surface area contributed by atoms with Gasteiger partial charge < -0.3 is 10.0 Å². The summed E-state index contributed by atoms with van der Waals surface area (Å²) >= 11 is 0. The molecule has 1 aromatic rings. The Morgan fingerprint density at radius 3 is 2.62 bits per heavy atom. The molecule has 0 aromatic heterocycles. The Labute approximate surface area is 123 Å². The van der Waals surface area contributed by atoms with Gasteiger partial charge in [0.1, 0.15) is 5.69 Å². The van der Waals surface area contributed by atoms with Gasteiger partial charge in [0.05, 0.1) is 10.5 Å². The number of hydrogen-bond donors (Lipinski definition) is 1. The molecule has 1 aliphatic rings. The van der Waals surface area contributed by atoms with Crippen molar-refractivity contribution in [3.05, 3.63) is 33.9 Å². The third kappa shape index (κ3) is 2.99. The molecule has 1 aromatic carbocycles. The molecule has 0 amide bonds. The molecule has 0 spiro atoms. The highest BCUT2D eigenvalue weighted by molar-refractivity contribution is 5.89. The summed E-state index contributed by atoms with van der Waals surface area (Å²) < 4.78 is 0. The number of carbonyl (C=O) groups is 1. The molecule has 1 aliphatic heterocycles. The number of nitro groups is 1. The predicted octanol–water partition coefficient (Wildman–Crippen LogP) is 3.16. The van der Waals surface area contributed by atoms with Gasteiger partial charge in [-0.1, -0.05) is 13.8 Å². The molecule has 3 unspecified atom stereocenters. The van der Waals surface area contributed by atoms with Crippen molar-refractivity contribution < 1.29 is 14.8 Å². The number of anilines is 1. The summed E-state index contributed by atoms with van der Waals surface area (Å²) in [6.45, 7) is 7.09. The lowest BCUT2D eigenvalue weighted by atomic mass is 9.85. The first-order chi connectivity index (χ1) is 9.81. The van der Waals surface area contributed by atoms with E-state index in [1.807, 2.05) is 4.90 Å². The van der Waals surface area contributed by atoms with E-state index in [0.29, 0.717) is 17.5 Å². The molecule has 1 heterocycles. The van der Waals surface area contributed by atoms with Gasteiger partial charge in [0.25, 0.3) is 5.69 Å². The van der Waals surface area contributed by atoms with Crippen molar-refractivity contribution in [3.63, 3.8) is 0 Å². The topological polar surface area (TPSA) is 83.7 Å². The number of piperidine rings is 1. The van der Waals surface area contributed by atoms with E-state index in [1.165, 1.54) is 6.07 Å². The highest BCUT2D eigenvalue weighted by Crippen LogP contribution is 2.36. The molecule has 1 fully saturated rings. The zero-order valence-electron chi connectivity index (χ0n) is 12.4. The predicted molar refractivity (Wildman–Crippen MR) is 79.8 cm³/mol. The highest BCUT2D eigenvalue weighted by atomic mass is 16.6. The minimum absolute atomic E-state index is 0.0591. The largest absolute Gasteiger partial charge is 0.478 e. The minimum atomic E-state index is -1.15. The molecule has 0 saturated carbocycles. The van der Waals surface area contributed by atoms with E-state index in [-0.39, 0.29) is 17.3 Å². The lowest BCUT2D eigenvalue weighted by Gasteiger charge is -2.42. The van der Waals surface area contributed by atoms with E-state index in [4.69, 9.17) is 5.11 Å². The maximum Gasteiger partial charge on any atom is 0.335 e. The average molecular weight is 292 g/mol. The van der Waals surface area contributed by atoms with Crippen molar-refractivity contribution >= 4 is 17.3 Å². The Kier molecular flexibility index (Phi) is 4.16. The second kappa shape index (κ2) is 5.71. The molecule has 1 N–H and O–H groups in total. The Morgan fingerprint density at radius 2 is 2.05 bits per heavy atom. The molecule has 0 radical (unpaired) electrons. The third-order valence-electron chi connectivity index (χ3n) is 4.33. The second-order valence-corrected chi connectivity index (χ2v) is 5.98. The van der Waals surface area contributed by atoms with Crippen LogP contribution in [0.4, 0.5) is 11.4 Å². The monoisotopic (exact) mass is 292 g/mol. The summed E-state index contributed by atoms with van der Waals surface area (Å²) in [5.41, 5.74) is 0.315. The smallest absolute Gasteiger partial charge is 0.335 e. The molecule has 3 atom stereocenters. The Morgan fingerprint density at radius 1 is 1.38 bits per heavy atom. The zero-order chi connectivity index (χ0) is 15.7. The van der Waals surface area contributed by atoms with Crippen molar-refractivity contribution in [1.29, 1.82) is 0 Å². The van der Waals surface area contributed by atoms with Crippen LogP contribution in [0.2, 0.25) is 0 Å². The number of nitro benzene ring substituents is 1. The van der Waals surface area contributed by atoms with Crippen molar-refractivity contribution in [3.8, 4) is 0 Å². The molecule has 0 aliphatic carbocycles. The number of rotatable bonds is 3. The average Bonchev–Trinajstić information content (AvgIpc) is 2.42. The van der Waals surface area contributed by atoms with Crippen LogP contribution in [0.15, 0.2) is 18.2 Å². The number of carboxylic acids is 1. The molecular formula is C15H20N2O4. The van der Waals surface area contributed by atoms with E-state index in [2.05, 4.69) is 20.8 Å². The first-order valence-electron chi connectivity index (χ1n) is 7.09. The molecule has 1 saturated heterocycles. The number of hydrogen-bond acceptors (Lipinski definition) is 4. The van der Waals surface area contributed by atoms with E-state index in [9.17, 15) is 14.9 Å². The zero-order valence-corrected chi connectivity index (χ0v) is 12.4. The van der Waals surface area contributed by atoms with Crippen LogP contribution in [0.5, 0.6) is 0 Å².